The summed E-state index contributed by atoms with van der Waals surface area (Å²) in [4.78, 5) is 11.6. The van der Waals surface area contributed by atoms with Gasteiger partial charge in [0.2, 0.25) is 16.0 Å². The highest BCUT2D eigenvalue weighted by atomic mass is 32.2. The first-order valence-electron chi connectivity index (χ1n) is 10.8. The minimum absolute atomic E-state index is 0.258. The molecule has 1 saturated heterocycles. The highest BCUT2D eigenvalue weighted by Gasteiger charge is 2.24. The molecule has 1 aliphatic rings. The van der Waals surface area contributed by atoms with Gasteiger partial charge in [0.25, 0.3) is 0 Å². The average molecular weight is 448 g/mol. The van der Waals surface area contributed by atoms with Crippen LogP contribution < -0.4 is 15.4 Å². The molecule has 164 valence electrons. The lowest BCUT2D eigenvalue weighted by atomic mass is 9.97. The van der Waals surface area contributed by atoms with Crippen LogP contribution in [0.4, 0.5) is 11.8 Å². The fourth-order valence-corrected chi connectivity index (χ4v) is 5.65. The summed E-state index contributed by atoms with van der Waals surface area (Å²) in [6.45, 7) is 1.94. The van der Waals surface area contributed by atoms with Gasteiger partial charge in [0, 0.05) is 30.4 Å². The predicted molar refractivity (Wildman–Crippen MR) is 128 cm³/mol. The number of hydrogen-bond acceptors (Lipinski definition) is 6. The molecule has 0 atom stereocenters. The number of sulfonamides is 1. The van der Waals surface area contributed by atoms with Crippen molar-refractivity contribution in [2.24, 2.45) is 5.92 Å². The Hall–Kier alpha value is -3.23. The number of anilines is 2. The SMILES string of the molecule is Nc1nc(N2CCC(CNS(=O)(=O)c3cccc4ccccc34)CC2)nc2ccccc12. The van der Waals surface area contributed by atoms with Crippen LogP contribution in [0, 0.1) is 5.92 Å². The molecule has 1 fully saturated rings. The van der Waals surface area contributed by atoms with Crippen LogP contribution in [0.1, 0.15) is 12.8 Å². The Morgan fingerprint density at radius 1 is 0.906 bits per heavy atom. The summed E-state index contributed by atoms with van der Waals surface area (Å²) in [6, 6.07) is 20.6. The minimum atomic E-state index is -3.59. The van der Waals surface area contributed by atoms with Crippen LogP contribution >= 0.6 is 0 Å². The van der Waals surface area contributed by atoms with Crippen molar-refractivity contribution >= 4 is 43.5 Å². The molecule has 3 aromatic carbocycles. The van der Waals surface area contributed by atoms with Crippen molar-refractivity contribution in [3.8, 4) is 0 Å². The van der Waals surface area contributed by atoms with Gasteiger partial charge in [-0.15, -0.1) is 0 Å². The molecule has 3 N–H and O–H groups in total. The lowest BCUT2D eigenvalue weighted by molar-refractivity contribution is 0.399. The number of benzene rings is 3. The van der Waals surface area contributed by atoms with E-state index in [9.17, 15) is 8.42 Å². The van der Waals surface area contributed by atoms with Crippen molar-refractivity contribution in [2.45, 2.75) is 17.7 Å². The van der Waals surface area contributed by atoms with Crippen molar-refractivity contribution in [3.05, 3.63) is 66.7 Å². The van der Waals surface area contributed by atoms with E-state index >= 15 is 0 Å². The number of rotatable bonds is 5. The van der Waals surface area contributed by atoms with Gasteiger partial charge in [-0.25, -0.2) is 18.1 Å². The third-order valence-corrected chi connectivity index (χ3v) is 7.60. The smallest absolute Gasteiger partial charge is 0.241 e. The molecule has 1 aliphatic heterocycles. The van der Waals surface area contributed by atoms with E-state index in [1.54, 1.807) is 12.1 Å². The van der Waals surface area contributed by atoms with Gasteiger partial charge in [-0.3, -0.25) is 0 Å². The van der Waals surface area contributed by atoms with Crippen LogP contribution in [-0.2, 0) is 10.0 Å². The lowest BCUT2D eigenvalue weighted by Crippen LogP contribution is -2.39. The molecule has 32 heavy (non-hydrogen) atoms. The normalized spacial score (nSPS) is 15.4. The molecule has 1 aromatic heterocycles. The van der Waals surface area contributed by atoms with Crippen LogP contribution in [0.15, 0.2) is 71.6 Å². The van der Waals surface area contributed by atoms with Gasteiger partial charge in [-0.05, 0) is 42.3 Å². The molecule has 0 saturated carbocycles. The first-order chi connectivity index (χ1) is 15.5. The minimum Gasteiger partial charge on any atom is -0.383 e. The van der Waals surface area contributed by atoms with E-state index in [0.29, 0.717) is 23.2 Å². The molecular weight excluding hydrogens is 422 g/mol. The van der Waals surface area contributed by atoms with Gasteiger partial charge in [-0.1, -0.05) is 48.5 Å². The van der Waals surface area contributed by atoms with Crippen LogP contribution in [0.3, 0.4) is 0 Å². The van der Waals surface area contributed by atoms with Gasteiger partial charge in [0.1, 0.15) is 5.82 Å². The number of fused-ring (bicyclic) bond motifs is 2. The standard InChI is InChI=1S/C24H25N5O2S/c25-23-20-9-3-4-10-21(20)27-24(28-23)29-14-12-17(13-15-29)16-26-32(30,31)22-11-5-7-18-6-1-2-8-19(18)22/h1-11,17,26H,12-16H2,(H2,25,27,28). The second kappa shape index (κ2) is 8.37. The first-order valence-corrected chi connectivity index (χ1v) is 12.2. The first kappa shape index (κ1) is 20.7. The molecule has 0 amide bonds. The zero-order valence-corrected chi connectivity index (χ0v) is 18.4. The van der Waals surface area contributed by atoms with Gasteiger partial charge in [0.05, 0.1) is 10.4 Å². The number of nitrogens with zero attached hydrogens (tertiary/aromatic N) is 3. The van der Waals surface area contributed by atoms with Crippen molar-refractivity contribution in [1.82, 2.24) is 14.7 Å². The van der Waals surface area contributed by atoms with Crippen molar-refractivity contribution in [2.75, 3.05) is 30.3 Å². The van der Waals surface area contributed by atoms with E-state index < -0.39 is 10.0 Å². The fraction of sp³-hybridized carbons (Fsp3) is 0.250. The Morgan fingerprint density at radius 3 is 2.41 bits per heavy atom. The molecule has 0 spiro atoms. The highest BCUT2D eigenvalue weighted by Crippen LogP contribution is 2.26. The van der Waals surface area contributed by atoms with Crippen LogP contribution in [0.25, 0.3) is 21.7 Å². The van der Waals surface area contributed by atoms with E-state index in [1.807, 2.05) is 54.6 Å². The van der Waals surface area contributed by atoms with E-state index in [4.69, 9.17) is 5.73 Å². The van der Waals surface area contributed by atoms with E-state index in [1.165, 1.54) is 0 Å². The monoisotopic (exact) mass is 447 g/mol. The molecule has 0 unspecified atom stereocenters. The fourth-order valence-electron chi connectivity index (χ4n) is 4.30. The average Bonchev–Trinajstić information content (AvgIpc) is 2.83. The Bertz CT molecular complexity index is 1380. The quantitative estimate of drug-likeness (QED) is 0.485. The van der Waals surface area contributed by atoms with Gasteiger partial charge >= 0.3 is 0 Å². The van der Waals surface area contributed by atoms with E-state index in [-0.39, 0.29) is 5.92 Å². The maximum atomic E-state index is 13.0. The zero-order valence-electron chi connectivity index (χ0n) is 17.6. The largest absolute Gasteiger partial charge is 0.383 e. The number of piperidine rings is 1. The Balaban J connectivity index is 1.24. The number of hydrogen-bond donors (Lipinski definition) is 2. The molecule has 0 bridgehead atoms. The zero-order chi connectivity index (χ0) is 22.1. The third-order valence-electron chi connectivity index (χ3n) is 6.12. The Kier molecular flexibility index (Phi) is 5.40. The van der Waals surface area contributed by atoms with Gasteiger partial charge < -0.3 is 10.6 Å². The number of nitrogens with one attached hydrogen (secondary N) is 1. The molecule has 4 aromatic rings. The van der Waals surface area contributed by atoms with Crippen LogP contribution in [-0.4, -0.2) is 38.0 Å². The summed E-state index contributed by atoms with van der Waals surface area (Å²) < 4.78 is 28.8. The number of nitrogen functional groups attached to an aromatic ring is 1. The highest BCUT2D eigenvalue weighted by molar-refractivity contribution is 7.89. The third kappa shape index (κ3) is 3.99. The van der Waals surface area contributed by atoms with Gasteiger partial charge in [-0.2, -0.15) is 4.98 Å². The second-order valence-corrected chi connectivity index (χ2v) is 9.92. The van der Waals surface area contributed by atoms with E-state index in [2.05, 4.69) is 19.6 Å². The molecule has 0 radical (unpaired) electrons. The van der Waals surface area contributed by atoms with Crippen molar-refractivity contribution < 1.29 is 8.42 Å². The summed E-state index contributed by atoms with van der Waals surface area (Å²) in [7, 11) is -3.59. The second-order valence-electron chi connectivity index (χ2n) is 8.19. The molecular formula is C24H25N5O2S. The molecule has 8 heteroatoms. The van der Waals surface area contributed by atoms with Crippen molar-refractivity contribution in [1.29, 1.82) is 0 Å². The predicted octanol–water partition coefficient (Wildman–Crippen LogP) is 3.56. The molecule has 2 heterocycles. The molecule has 0 aliphatic carbocycles. The topological polar surface area (TPSA) is 101 Å². The Morgan fingerprint density at radius 2 is 1.59 bits per heavy atom. The maximum Gasteiger partial charge on any atom is 0.241 e. The summed E-state index contributed by atoms with van der Waals surface area (Å²) in [5.74, 6) is 1.38. The number of nitrogens with two attached hydrogens (primary N) is 1. The molecule has 5 rings (SSSR count). The van der Waals surface area contributed by atoms with Gasteiger partial charge in [0.15, 0.2) is 0 Å². The number of para-hydroxylation sites is 1. The summed E-state index contributed by atoms with van der Waals surface area (Å²) in [5, 5.41) is 2.51. The summed E-state index contributed by atoms with van der Waals surface area (Å²) in [6.07, 6.45) is 1.71. The van der Waals surface area contributed by atoms with Crippen LogP contribution in [0.5, 0.6) is 0 Å². The van der Waals surface area contributed by atoms with E-state index in [0.717, 1.165) is 47.6 Å². The lowest BCUT2D eigenvalue weighted by Gasteiger charge is -2.32. The summed E-state index contributed by atoms with van der Waals surface area (Å²) in [5.41, 5.74) is 6.96. The molecule has 7 nitrogen and oxygen atoms in total. The summed E-state index contributed by atoms with van der Waals surface area (Å²) >= 11 is 0. The van der Waals surface area contributed by atoms with Crippen molar-refractivity contribution in [3.63, 3.8) is 0 Å². The maximum absolute atomic E-state index is 13.0. The van der Waals surface area contributed by atoms with Crippen LogP contribution in [0.2, 0.25) is 0 Å². The number of aromatic nitrogens is 2. The Labute approximate surface area is 187 Å².